The van der Waals surface area contributed by atoms with E-state index in [1.54, 1.807) is 18.2 Å². The van der Waals surface area contributed by atoms with Crippen LogP contribution in [0.25, 0.3) is 0 Å². The van der Waals surface area contributed by atoms with Crippen molar-refractivity contribution in [1.29, 1.82) is 0 Å². The van der Waals surface area contributed by atoms with Gasteiger partial charge in [-0.3, -0.25) is 9.59 Å². The van der Waals surface area contributed by atoms with Crippen LogP contribution in [0.4, 0.5) is 5.69 Å². The molecule has 1 fully saturated rings. The average Bonchev–Trinajstić information content (AvgIpc) is 2.89. The molecule has 2 aromatic rings. The maximum Gasteiger partial charge on any atom is 0.336 e. The van der Waals surface area contributed by atoms with Gasteiger partial charge in [-0.15, -0.1) is 11.8 Å². The molecule has 1 aliphatic rings. The number of hydrogen-bond donors (Lipinski definition) is 2. The number of benzene rings is 2. The largest absolute Gasteiger partial charge is 0.478 e. The van der Waals surface area contributed by atoms with Crippen molar-refractivity contribution in [2.24, 2.45) is 0 Å². The van der Waals surface area contributed by atoms with Crippen molar-refractivity contribution in [2.45, 2.75) is 16.6 Å². The van der Waals surface area contributed by atoms with Crippen molar-refractivity contribution >= 4 is 41.2 Å². The second-order valence-corrected chi connectivity index (χ2v) is 6.78. The highest BCUT2D eigenvalue weighted by Gasteiger charge is 2.40. The second-order valence-electron chi connectivity index (χ2n) is 5.53. The van der Waals surface area contributed by atoms with Crippen molar-refractivity contribution in [2.75, 3.05) is 4.90 Å². The van der Waals surface area contributed by atoms with Crippen LogP contribution in [0.5, 0.6) is 0 Å². The van der Waals surface area contributed by atoms with Gasteiger partial charge in [0.1, 0.15) is 0 Å². The molecule has 0 saturated carbocycles. The fourth-order valence-corrected chi connectivity index (χ4v) is 3.82. The molecule has 0 aliphatic carbocycles. The van der Waals surface area contributed by atoms with Gasteiger partial charge in [-0.1, -0.05) is 18.2 Å². The highest BCUT2D eigenvalue weighted by atomic mass is 32.2. The topological polar surface area (TPSA) is 112 Å². The first-order valence-corrected chi connectivity index (χ1v) is 8.45. The number of aromatic carboxylic acids is 2. The van der Waals surface area contributed by atoms with E-state index >= 15 is 0 Å². The quantitative estimate of drug-likeness (QED) is 0.777. The second kappa shape index (κ2) is 7.01. The lowest BCUT2D eigenvalue weighted by molar-refractivity contribution is -0.121. The van der Waals surface area contributed by atoms with Gasteiger partial charge in [-0.2, -0.15) is 0 Å². The van der Waals surface area contributed by atoms with Crippen LogP contribution in [-0.4, -0.2) is 39.2 Å². The van der Waals surface area contributed by atoms with Crippen LogP contribution in [0.3, 0.4) is 0 Å². The first-order valence-electron chi connectivity index (χ1n) is 7.57. The molecule has 0 spiro atoms. The standard InChI is InChI=1S/C18H13NO6S/c20-15-9-14(26-13-7-2-1-6-12(13)18(24)25)16(21)19(15)11-5-3-4-10(8-11)17(22)23/h1-8,14H,9H2,(H,22,23)(H,24,25). The fourth-order valence-electron chi connectivity index (χ4n) is 2.64. The maximum absolute atomic E-state index is 12.7. The number of carboxylic acids is 2. The third kappa shape index (κ3) is 3.31. The van der Waals surface area contributed by atoms with Crippen molar-refractivity contribution in [1.82, 2.24) is 0 Å². The normalized spacial score (nSPS) is 16.8. The third-order valence-electron chi connectivity index (χ3n) is 3.84. The molecule has 132 valence electrons. The lowest BCUT2D eigenvalue weighted by atomic mass is 10.2. The highest BCUT2D eigenvalue weighted by Crippen LogP contribution is 2.35. The zero-order chi connectivity index (χ0) is 18.8. The first-order chi connectivity index (χ1) is 12.4. The van der Waals surface area contributed by atoms with Gasteiger partial charge in [0.05, 0.1) is 22.1 Å². The lowest BCUT2D eigenvalue weighted by Crippen LogP contribution is -2.31. The predicted molar refractivity (Wildman–Crippen MR) is 93.6 cm³/mol. The highest BCUT2D eigenvalue weighted by molar-refractivity contribution is 8.00. The monoisotopic (exact) mass is 371 g/mol. The number of anilines is 1. The number of carboxylic acid groups (broad SMARTS) is 2. The summed E-state index contributed by atoms with van der Waals surface area (Å²) >= 11 is 1.02. The van der Waals surface area contributed by atoms with Crippen LogP contribution in [0.15, 0.2) is 53.4 Å². The maximum atomic E-state index is 12.7. The van der Waals surface area contributed by atoms with E-state index < -0.39 is 29.0 Å². The molecule has 26 heavy (non-hydrogen) atoms. The molecule has 2 amide bonds. The van der Waals surface area contributed by atoms with E-state index in [4.69, 9.17) is 5.11 Å². The summed E-state index contributed by atoms with van der Waals surface area (Å²) in [4.78, 5) is 48.7. The van der Waals surface area contributed by atoms with E-state index in [0.717, 1.165) is 16.7 Å². The van der Waals surface area contributed by atoms with E-state index in [1.165, 1.54) is 30.3 Å². The minimum atomic E-state index is -1.16. The number of nitrogens with zero attached hydrogens (tertiary/aromatic N) is 1. The Morgan fingerprint density at radius 3 is 2.42 bits per heavy atom. The smallest absolute Gasteiger partial charge is 0.336 e. The number of rotatable bonds is 5. The van der Waals surface area contributed by atoms with Crippen molar-refractivity contribution in [3.63, 3.8) is 0 Å². The van der Waals surface area contributed by atoms with Crippen molar-refractivity contribution in [3.8, 4) is 0 Å². The molecule has 8 heteroatoms. The predicted octanol–water partition coefficient (Wildman–Crippen LogP) is 2.51. The summed E-state index contributed by atoms with van der Waals surface area (Å²) < 4.78 is 0. The first kappa shape index (κ1) is 17.7. The van der Waals surface area contributed by atoms with E-state index in [1.807, 2.05) is 0 Å². The summed E-state index contributed by atoms with van der Waals surface area (Å²) in [5, 5.41) is 17.5. The number of carbonyl (C=O) groups is 4. The molecule has 0 aromatic heterocycles. The van der Waals surface area contributed by atoms with Gasteiger partial charge < -0.3 is 10.2 Å². The Kier molecular flexibility index (Phi) is 4.77. The number of thioether (sulfide) groups is 1. The van der Waals surface area contributed by atoms with Gasteiger partial charge in [0.15, 0.2) is 0 Å². The number of carbonyl (C=O) groups excluding carboxylic acids is 2. The fraction of sp³-hybridized carbons (Fsp3) is 0.111. The number of hydrogen-bond acceptors (Lipinski definition) is 5. The Balaban J connectivity index is 1.87. The zero-order valence-electron chi connectivity index (χ0n) is 13.3. The Bertz CT molecular complexity index is 925. The summed E-state index contributed by atoms with van der Waals surface area (Å²) in [5.74, 6) is -3.23. The summed E-state index contributed by atoms with van der Waals surface area (Å²) in [7, 11) is 0. The van der Waals surface area contributed by atoms with Gasteiger partial charge in [0.2, 0.25) is 11.8 Å². The molecule has 0 bridgehead atoms. The minimum Gasteiger partial charge on any atom is -0.478 e. The molecule has 2 N–H and O–H groups in total. The Hall–Kier alpha value is -3.13. The SMILES string of the molecule is O=C(O)c1cccc(N2C(=O)CC(Sc3ccccc3C(=O)O)C2=O)c1. The molecule has 2 aromatic carbocycles. The number of amides is 2. The van der Waals surface area contributed by atoms with Crippen LogP contribution >= 0.6 is 11.8 Å². The molecular weight excluding hydrogens is 358 g/mol. The van der Waals surface area contributed by atoms with Crippen molar-refractivity contribution in [3.05, 3.63) is 59.7 Å². The van der Waals surface area contributed by atoms with Gasteiger partial charge in [-0.05, 0) is 30.3 Å². The van der Waals surface area contributed by atoms with Gasteiger partial charge >= 0.3 is 11.9 Å². The molecular formula is C18H13NO6S. The van der Waals surface area contributed by atoms with E-state index in [2.05, 4.69) is 0 Å². The molecule has 1 atom stereocenters. The molecule has 0 radical (unpaired) electrons. The summed E-state index contributed by atoms with van der Waals surface area (Å²) in [6, 6.07) is 11.8. The lowest BCUT2D eigenvalue weighted by Gasteiger charge is -2.15. The van der Waals surface area contributed by atoms with Gasteiger partial charge in [-0.25, -0.2) is 14.5 Å². The van der Waals surface area contributed by atoms with Gasteiger partial charge in [0, 0.05) is 11.3 Å². The zero-order valence-corrected chi connectivity index (χ0v) is 14.1. The minimum absolute atomic E-state index is 0.0320. The van der Waals surface area contributed by atoms with Crippen LogP contribution < -0.4 is 4.90 Å². The average molecular weight is 371 g/mol. The Labute approximate surface area is 152 Å². The summed E-state index contributed by atoms with van der Waals surface area (Å²) in [5.41, 5.74) is 0.217. The number of imide groups is 1. The molecule has 3 rings (SSSR count). The molecule has 1 unspecified atom stereocenters. The summed E-state index contributed by atoms with van der Waals surface area (Å²) in [6.07, 6.45) is -0.0885. The van der Waals surface area contributed by atoms with E-state index in [-0.39, 0.29) is 23.2 Å². The van der Waals surface area contributed by atoms with Crippen LogP contribution in [0, 0.1) is 0 Å². The van der Waals surface area contributed by atoms with Gasteiger partial charge in [0.25, 0.3) is 0 Å². The third-order valence-corrected chi connectivity index (χ3v) is 5.11. The molecule has 1 saturated heterocycles. The molecule has 1 aliphatic heterocycles. The van der Waals surface area contributed by atoms with E-state index in [9.17, 15) is 24.3 Å². The van der Waals surface area contributed by atoms with Crippen LogP contribution in [0.1, 0.15) is 27.1 Å². The summed E-state index contributed by atoms with van der Waals surface area (Å²) in [6.45, 7) is 0. The van der Waals surface area contributed by atoms with Crippen molar-refractivity contribution < 1.29 is 29.4 Å². The Morgan fingerprint density at radius 2 is 1.73 bits per heavy atom. The molecule has 7 nitrogen and oxygen atoms in total. The molecule has 1 heterocycles. The Morgan fingerprint density at radius 1 is 1.00 bits per heavy atom. The van der Waals surface area contributed by atoms with Crippen LogP contribution in [-0.2, 0) is 9.59 Å². The van der Waals surface area contributed by atoms with E-state index in [0.29, 0.717) is 4.90 Å². The van der Waals surface area contributed by atoms with Crippen LogP contribution in [0.2, 0.25) is 0 Å².